The quantitative estimate of drug-likeness (QED) is 0.290. The van der Waals surface area contributed by atoms with Crippen molar-refractivity contribution in [3.63, 3.8) is 0 Å². The van der Waals surface area contributed by atoms with Gasteiger partial charge in [-0.3, -0.25) is 0 Å². The fourth-order valence-electron chi connectivity index (χ4n) is 1.89. The molecule has 0 spiro atoms. The summed E-state index contributed by atoms with van der Waals surface area (Å²) in [6.07, 6.45) is 2.34. The van der Waals surface area contributed by atoms with Crippen molar-refractivity contribution >= 4 is 44.7 Å². The molecule has 2 radical (unpaired) electrons. The molecule has 0 saturated carbocycles. The summed E-state index contributed by atoms with van der Waals surface area (Å²) in [5, 5.41) is -1.10. The molecule has 0 aliphatic heterocycles. The van der Waals surface area contributed by atoms with Crippen molar-refractivity contribution in [2.24, 2.45) is 0 Å². The van der Waals surface area contributed by atoms with Crippen LogP contribution in [0.3, 0.4) is 0 Å². The number of benzene rings is 1. The van der Waals surface area contributed by atoms with Gasteiger partial charge in [0, 0.05) is 18.6 Å². The first-order chi connectivity index (χ1) is 10.9. The number of hydrogen-bond acceptors (Lipinski definition) is 4. The van der Waals surface area contributed by atoms with Crippen molar-refractivity contribution in [1.29, 1.82) is 0 Å². The molecule has 1 aromatic rings. The Bertz CT molecular complexity index is 562. The molecule has 1 aromatic carbocycles. The number of alkyl halides is 2. The molecule has 7 heteroatoms. The molecule has 0 aliphatic carbocycles. The first-order valence-corrected chi connectivity index (χ1v) is 8.64. The number of hydrogen-bond donors (Lipinski definition) is 0. The van der Waals surface area contributed by atoms with E-state index in [0.717, 1.165) is 17.7 Å². The zero-order chi connectivity index (χ0) is 17.3. The summed E-state index contributed by atoms with van der Waals surface area (Å²) >= 11 is 11.9. The van der Waals surface area contributed by atoms with E-state index in [2.05, 4.69) is 13.2 Å². The largest absolute Gasteiger partial charge is 0.462 e. The summed E-state index contributed by atoms with van der Waals surface area (Å²) in [4.78, 5) is 23.0. The third-order valence-corrected chi connectivity index (χ3v) is 4.87. The van der Waals surface area contributed by atoms with Crippen LogP contribution in [0.25, 0.3) is 0 Å². The maximum Gasteiger partial charge on any atom is 0.330 e. The SMILES string of the molecule is C=CC(=O)OCCC(OC(=O)C=C)([Si]C(Cl)Cl)c1ccccc1. The van der Waals surface area contributed by atoms with E-state index in [9.17, 15) is 9.59 Å². The highest BCUT2D eigenvalue weighted by Gasteiger charge is 2.38. The van der Waals surface area contributed by atoms with Crippen molar-refractivity contribution in [1.82, 2.24) is 0 Å². The molecule has 0 heterocycles. The molecular weight excluding hydrogens is 355 g/mol. The topological polar surface area (TPSA) is 52.6 Å². The first kappa shape index (κ1) is 19.5. The maximum atomic E-state index is 11.8. The van der Waals surface area contributed by atoms with E-state index in [-0.39, 0.29) is 22.5 Å². The number of ether oxygens (including phenoxy) is 2. The molecule has 1 unspecified atom stereocenters. The van der Waals surface area contributed by atoms with Crippen LogP contribution in [-0.4, -0.2) is 32.5 Å². The third-order valence-electron chi connectivity index (χ3n) is 2.89. The predicted octanol–water partition coefficient (Wildman–Crippen LogP) is 3.15. The van der Waals surface area contributed by atoms with Crippen LogP contribution in [0, 0.1) is 0 Å². The minimum atomic E-state index is -1.10. The molecule has 0 aromatic heterocycles. The van der Waals surface area contributed by atoms with Gasteiger partial charge in [-0.2, -0.15) is 0 Å². The normalized spacial score (nSPS) is 13.0. The molecule has 122 valence electrons. The highest BCUT2D eigenvalue weighted by molar-refractivity contribution is 6.70. The van der Waals surface area contributed by atoms with E-state index in [1.54, 1.807) is 12.1 Å². The predicted molar refractivity (Wildman–Crippen MR) is 91.4 cm³/mol. The lowest BCUT2D eigenvalue weighted by Crippen LogP contribution is -2.42. The smallest absolute Gasteiger partial charge is 0.330 e. The Hall–Kier alpha value is -1.56. The maximum absolute atomic E-state index is 11.8. The van der Waals surface area contributed by atoms with E-state index < -0.39 is 21.6 Å². The number of halogens is 2. The second-order valence-corrected chi connectivity index (χ2v) is 7.89. The van der Waals surface area contributed by atoms with Crippen LogP contribution in [0.4, 0.5) is 0 Å². The second kappa shape index (κ2) is 9.55. The van der Waals surface area contributed by atoms with E-state index in [4.69, 9.17) is 32.7 Å². The molecule has 0 fully saturated rings. The van der Waals surface area contributed by atoms with Gasteiger partial charge in [0.2, 0.25) is 0 Å². The van der Waals surface area contributed by atoms with Gasteiger partial charge in [-0.1, -0.05) is 43.5 Å². The van der Waals surface area contributed by atoms with E-state index >= 15 is 0 Å². The number of carbonyl (C=O) groups excluding carboxylic acids is 2. The van der Waals surface area contributed by atoms with Crippen LogP contribution in [0.2, 0.25) is 0 Å². The Morgan fingerprint density at radius 2 is 1.78 bits per heavy atom. The first-order valence-electron chi connectivity index (χ1n) is 6.69. The monoisotopic (exact) mass is 370 g/mol. The zero-order valence-electron chi connectivity index (χ0n) is 12.3. The lowest BCUT2D eigenvalue weighted by atomic mass is 10.1. The van der Waals surface area contributed by atoms with Crippen molar-refractivity contribution < 1.29 is 19.1 Å². The summed E-state index contributed by atoms with van der Waals surface area (Å²) in [6, 6.07) is 9.06. The summed E-state index contributed by atoms with van der Waals surface area (Å²) in [5.74, 6) is -1.16. The summed E-state index contributed by atoms with van der Waals surface area (Å²) in [5.41, 5.74) is 0.717. The highest BCUT2D eigenvalue weighted by atomic mass is 35.5. The van der Waals surface area contributed by atoms with Crippen LogP contribution in [0.15, 0.2) is 55.6 Å². The lowest BCUT2D eigenvalue weighted by Gasteiger charge is -2.33. The molecule has 0 bridgehead atoms. The van der Waals surface area contributed by atoms with Crippen molar-refractivity contribution in [3.05, 3.63) is 61.2 Å². The Morgan fingerprint density at radius 3 is 2.30 bits per heavy atom. The molecule has 1 atom stereocenters. The number of carbonyl (C=O) groups is 2. The molecule has 0 amide bonds. The summed E-state index contributed by atoms with van der Waals surface area (Å²) in [6.45, 7) is 6.76. The van der Waals surface area contributed by atoms with Gasteiger partial charge in [0.05, 0.1) is 11.1 Å². The van der Waals surface area contributed by atoms with Crippen molar-refractivity contribution in [3.8, 4) is 0 Å². The second-order valence-electron chi connectivity index (χ2n) is 4.38. The summed E-state index contributed by atoms with van der Waals surface area (Å²) in [7, 11) is -0.150. The fraction of sp³-hybridized carbons (Fsp3) is 0.250. The standard InChI is InChI=1S/C16H16Cl2O4Si/c1-3-13(19)21-11-10-16(23-15(17)18,22-14(20)4-2)12-8-6-5-7-9-12/h3-9,15H,1-2,10-11H2. The Morgan fingerprint density at radius 1 is 1.17 bits per heavy atom. The Balaban J connectivity index is 3.11. The van der Waals surface area contributed by atoms with Crippen molar-refractivity contribution in [2.45, 2.75) is 16.1 Å². The summed E-state index contributed by atoms with van der Waals surface area (Å²) < 4.78 is 9.83. The van der Waals surface area contributed by atoms with Crippen LogP contribution >= 0.6 is 23.2 Å². The third kappa shape index (κ3) is 6.21. The van der Waals surface area contributed by atoms with Gasteiger partial charge in [0.1, 0.15) is 14.7 Å². The van der Waals surface area contributed by atoms with Gasteiger partial charge >= 0.3 is 11.9 Å². The fourth-order valence-corrected chi connectivity index (χ4v) is 4.04. The van der Waals surface area contributed by atoms with E-state index in [1.165, 1.54) is 0 Å². The van der Waals surface area contributed by atoms with E-state index in [1.807, 2.05) is 18.2 Å². The van der Waals surface area contributed by atoms with Crippen LogP contribution in [0.1, 0.15) is 12.0 Å². The molecule has 0 aliphatic rings. The van der Waals surface area contributed by atoms with Crippen molar-refractivity contribution in [2.75, 3.05) is 6.61 Å². The van der Waals surface area contributed by atoms with Crippen LogP contribution < -0.4 is 0 Å². The van der Waals surface area contributed by atoms with Gasteiger partial charge < -0.3 is 9.47 Å². The van der Waals surface area contributed by atoms with Gasteiger partial charge in [0.25, 0.3) is 0 Å². The minimum absolute atomic E-state index is 0.0255. The minimum Gasteiger partial charge on any atom is -0.462 e. The van der Waals surface area contributed by atoms with Gasteiger partial charge in [-0.15, -0.1) is 23.2 Å². The van der Waals surface area contributed by atoms with Gasteiger partial charge in [-0.25, -0.2) is 9.59 Å². The Kier molecular flexibility index (Phi) is 8.09. The Labute approximate surface area is 147 Å². The molecule has 0 saturated heterocycles. The van der Waals surface area contributed by atoms with Gasteiger partial charge in [0.15, 0.2) is 0 Å². The highest BCUT2D eigenvalue weighted by Crippen LogP contribution is 2.31. The average Bonchev–Trinajstić information content (AvgIpc) is 2.54. The molecule has 1 rings (SSSR count). The molecular formula is C16H16Cl2O4Si. The molecule has 23 heavy (non-hydrogen) atoms. The molecule has 0 N–H and O–H groups in total. The molecule has 4 nitrogen and oxygen atoms in total. The van der Waals surface area contributed by atoms with Gasteiger partial charge in [-0.05, 0) is 5.56 Å². The number of rotatable bonds is 9. The zero-order valence-corrected chi connectivity index (χ0v) is 14.8. The average molecular weight is 371 g/mol. The van der Waals surface area contributed by atoms with Crippen LogP contribution in [-0.2, 0) is 24.3 Å². The lowest BCUT2D eigenvalue weighted by molar-refractivity contribution is -0.149. The van der Waals surface area contributed by atoms with E-state index in [0.29, 0.717) is 0 Å². The number of esters is 2. The van der Waals surface area contributed by atoms with Crippen LogP contribution in [0.5, 0.6) is 0 Å².